The smallest absolute Gasteiger partial charge is 0.311 e. The Hall–Kier alpha value is -2.97. The standard InChI is InChI=1S/C29H37N3O5/c1-19-14-23(16-30-28(19)34)27-31-25-15-20(6-8-22(18-33)29(35)37-24-4-2-3-5-24)7-9-26(25)32(27)17-21-10-12-36-13-11-21/h7,9,14-16,21-22,24,33H,2-6,8,10-13,17-18H2,1H3,(H,30,34)/t22-/m0/s1. The molecule has 2 aromatic heterocycles. The van der Waals surface area contributed by atoms with Gasteiger partial charge in [-0.15, -0.1) is 0 Å². The Morgan fingerprint density at radius 2 is 2.00 bits per heavy atom. The molecule has 37 heavy (non-hydrogen) atoms. The topological polar surface area (TPSA) is 106 Å². The second-order valence-electron chi connectivity index (χ2n) is 10.6. The molecule has 2 N–H and O–H groups in total. The minimum absolute atomic E-state index is 0.00701. The molecule has 2 aliphatic rings. The number of fused-ring (bicyclic) bond motifs is 1. The second kappa shape index (κ2) is 11.6. The van der Waals surface area contributed by atoms with Crippen LogP contribution in [0.5, 0.6) is 0 Å². The van der Waals surface area contributed by atoms with E-state index in [2.05, 4.69) is 27.8 Å². The molecule has 1 aromatic carbocycles. The highest BCUT2D eigenvalue weighted by atomic mass is 16.5. The maximum atomic E-state index is 12.6. The van der Waals surface area contributed by atoms with Crippen LogP contribution in [-0.2, 0) is 27.2 Å². The molecule has 3 aromatic rings. The number of carbonyl (C=O) groups excluding carboxylic acids is 1. The van der Waals surface area contributed by atoms with E-state index >= 15 is 0 Å². The highest BCUT2D eigenvalue weighted by Crippen LogP contribution is 2.29. The number of pyridine rings is 1. The van der Waals surface area contributed by atoms with Crippen LogP contribution in [0.25, 0.3) is 22.4 Å². The van der Waals surface area contributed by atoms with E-state index in [1.165, 1.54) is 0 Å². The third kappa shape index (κ3) is 5.96. The summed E-state index contributed by atoms with van der Waals surface area (Å²) in [6.07, 6.45) is 9.01. The summed E-state index contributed by atoms with van der Waals surface area (Å²) in [4.78, 5) is 32.4. The maximum Gasteiger partial charge on any atom is 0.311 e. The van der Waals surface area contributed by atoms with Crippen LogP contribution >= 0.6 is 0 Å². The Balaban J connectivity index is 1.38. The van der Waals surface area contributed by atoms with Crippen molar-refractivity contribution < 1.29 is 19.4 Å². The fourth-order valence-corrected chi connectivity index (χ4v) is 5.54. The number of rotatable bonds is 9. The summed E-state index contributed by atoms with van der Waals surface area (Å²) in [6, 6.07) is 8.16. The Bertz CT molecular complexity index is 1280. The molecule has 2 fully saturated rings. The van der Waals surface area contributed by atoms with Gasteiger partial charge in [0.1, 0.15) is 11.9 Å². The van der Waals surface area contributed by atoms with Gasteiger partial charge in [-0.2, -0.15) is 0 Å². The molecule has 3 heterocycles. The molecule has 8 nitrogen and oxygen atoms in total. The minimum Gasteiger partial charge on any atom is -0.462 e. The highest BCUT2D eigenvalue weighted by molar-refractivity contribution is 5.81. The van der Waals surface area contributed by atoms with Crippen molar-refractivity contribution in [2.24, 2.45) is 11.8 Å². The summed E-state index contributed by atoms with van der Waals surface area (Å²) < 4.78 is 13.5. The van der Waals surface area contributed by atoms with Gasteiger partial charge in [-0.05, 0) is 88.0 Å². The van der Waals surface area contributed by atoms with Crippen LogP contribution < -0.4 is 5.56 Å². The number of nitrogens with zero attached hydrogens (tertiary/aromatic N) is 2. The third-order valence-electron chi connectivity index (χ3n) is 7.86. The Morgan fingerprint density at radius 3 is 2.73 bits per heavy atom. The number of H-pyrrole nitrogens is 1. The first-order valence-corrected chi connectivity index (χ1v) is 13.6. The summed E-state index contributed by atoms with van der Waals surface area (Å²) in [5.41, 5.74) is 4.45. The lowest BCUT2D eigenvalue weighted by atomic mass is 9.99. The summed E-state index contributed by atoms with van der Waals surface area (Å²) in [5.74, 6) is 0.546. The number of nitrogens with one attached hydrogen (secondary N) is 1. The first kappa shape index (κ1) is 25.7. The number of ether oxygens (including phenoxy) is 2. The Kier molecular flexibility index (Phi) is 8.05. The van der Waals surface area contributed by atoms with Gasteiger partial charge >= 0.3 is 5.97 Å². The number of aliphatic hydroxyl groups excluding tert-OH is 1. The monoisotopic (exact) mass is 507 g/mol. The van der Waals surface area contributed by atoms with Crippen LogP contribution in [0, 0.1) is 18.8 Å². The number of aromatic amines is 1. The van der Waals surface area contributed by atoms with Crippen molar-refractivity contribution in [2.45, 2.75) is 70.9 Å². The molecule has 0 unspecified atom stereocenters. The number of benzene rings is 1. The van der Waals surface area contributed by atoms with E-state index in [1.807, 2.05) is 6.07 Å². The molecule has 1 aliphatic heterocycles. The number of aromatic nitrogens is 3. The van der Waals surface area contributed by atoms with Gasteiger partial charge in [0, 0.05) is 37.1 Å². The summed E-state index contributed by atoms with van der Waals surface area (Å²) in [7, 11) is 0. The van der Waals surface area contributed by atoms with E-state index in [4.69, 9.17) is 14.5 Å². The second-order valence-corrected chi connectivity index (χ2v) is 10.6. The van der Waals surface area contributed by atoms with Crippen molar-refractivity contribution in [3.8, 4) is 11.4 Å². The predicted octanol–water partition coefficient (Wildman–Crippen LogP) is 4.15. The average Bonchev–Trinajstić information content (AvgIpc) is 3.54. The van der Waals surface area contributed by atoms with E-state index in [1.54, 1.807) is 13.1 Å². The van der Waals surface area contributed by atoms with Gasteiger partial charge in [0.2, 0.25) is 0 Å². The molecule has 1 saturated heterocycles. The van der Waals surface area contributed by atoms with Crippen LogP contribution in [0.4, 0.5) is 0 Å². The number of hydrogen-bond acceptors (Lipinski definition) is 6. The van der Waals surface area contributed by atoms with Crippen molar-refractivity contribution in [3.63, 3.8) is 0 Å². The largest absolute Gasteiger partial charge is 0.462 e. The Morgan fingerprint density at radius 1 is 1.22 bits per heavy atom. The molecule has 0 spiro atoms. The summed E-state index contributed by atoms with van der Waals surface area (Å²) in [6.45, 7) is 4.00. The van der Waals surface area contributed by atoms with Crippen molar-refractivity contribution in [2.75, 3.05) is 19.8 Å². The van der Waals surface area contributed by atoms with Gasteiger partial charge in [0.05, 0.1) is 23.6 Å². The lowest BCUT2D eigenvalue weighted by molar-refractivity contribution is -0.155. The van der Waals surface area contributed by atoms with Crippen LogP contribution in [0.15, 0.2) is 35.3 Å². The van der Waals surface area contributed by atoms with E-state index in [0.29, 0.717) is 24.3 Å². The fraction of sp³-hybridized carbons (Fsp3) is 0.552. The van der Waals surface area contributed by atoms with Crippen LogP contribution in [-0.4, -0.2) is 51.5 Å². The van der Waals surface area contributed by atoms with Crippen molar-refractivity contribution in [3.05, 3.63) is 51.9 Å². The maximum absolute atomic E-state index is 12.6. The molecule has 1 saturated carbocycles. The number of esters is 1. The first-order valence-electron chi connectivity index (χ1n) is 13.6. The molecule has 1 aliphatic carbocycles. The van der Waals surface area contributed by atoms with Crippen molar-refractivity contribution in [1.82, 2.24) is 14.5 Å². The quantitative estimate of drug-likeness (QED) is 0.422. The molecular weight excluding hydrogens is 470 g/mol. The zero-order chi connectivity index (χ0) is 25.8. The van der Waals surface area contributed by atoms with Gasteiger partial charge in [0.25, 0.3) is 5.56 Å². The lowest BCUT2D eigenvalue weighted by Gasteiger charge is -2.23. The molecule has 0 bridgehead atoms. The van der Waals surface area contributed by atoms with Crippen LogP contribution in [0.3, 0.4) is 0 Å². The summed E-state index contributed by atoms with van der Waals surface area (Å²) in [5, 5.41) is 9.83. The van der Waals surface area contributed by atoms with Gasteiger partial charge < -0.3 is 24.1 Å². The molecule has 198 valence electrons. The minimum atomic E-state index is -0.512. The van der Waals surface area contributed by atoms with Gasteiger partial charge in [-0.25, -0.2) is 4.98 Å². The number of aliphatic hydroxyl groups is 1. The van der Waals surface area contributed by atoms with Crippen LogP contribution in [0.1, 0.15) is 56.1 Å². The SMILES string of the molecule is Cc1cc(-c2nc3cc(CC[C@@H](CO)C(=O)OC4CCCC4)ccc3n2CC2CCOCC2)c[nH]c1=O. The number of carbonyl (C=O) groups is 1. The highest BCUT2D eigenvalue weighted by Gasteiger charge is 2.25. The number of hydrogen-bond donors (Lipinski definition) is 2. The van der Waals surface area contributed by atoms with Gasteiger partial charge in [-0.1, -0.05) is 6.07 Å². The number of imidazole rings is 1. The van der Waals surface area contributed by atoms with Gasteiger partial charge in [-0.3, -0.25) is 9.59 Å². The molecule has 8 heteroatoms. The van der Waals surface area contributed by atoms with Crippen molar-refractivity contribution >= 4 is 17.0 Å². The third-order valence-corrected chi connectivity index (χ3v) is 7.86. The lowest BCUT2D eigenvalue weighted by Crippen LogP contribution is -2.25. The molecule has 5 rings (SSSR count). The molecule has 0 radical (unpaired) electrons. The van der Waals surface area contributed by atoms with E-state index < -0.39 is 5.92 Å². The molecule has 0 amide bonds. The number of aryl methyl sites for hydroxylation is 2. The zero-order valence-electron chi connectivity index (χ0n) is 21.6. The first-order chi connectivity index (χ1) is 18.0. The van der Waals surface area contributed by atoms with Gasteiger partial charge in [0.15, 0.2) is 0 Å². The van der Waals surface area contributed by atoms with E-state index in [0.717, 1.165) is 86.3 Å². The predicted molar refractivity (Wildman–Crippen MR) is 141 cm³/mol. The fourth-order valence-electron chi connectivity index (χ4n) is 5.54. The Labute approximate surface area is 217 Å². The van der Waals surface area contributed by atoms with Crippen molar-refractivity contribution in [1.29, 1.82) is 0 Å². The normalized spacial score (nSPS) is 17.9. The average molecular weight is 508 g/mol. The molecule has 1 atom stereocenters. The summed E-state index contributed by atoms with van der Waals surface area (Å²) >= 11 is 0. The van der Waals surface area contributed by atoms with Crippen LogP contribution in [0.2, 0.25) is 0 Å². The van der Waals surface area contributed by atoms with E-state index in [9.17, 15) is 14.7 Å². The van der Waals surface area contributed by atoms with E-state index in [-0.39, 0.29) is 24.2 Å². The zero-order valence-corrected chi connectivity index (χ0v) is 21.6. The molecular formula is C29H37N3O5.